The van der Waals surface area contributed by atoms with Crippen molar-refractivity contribution in [3.8, 4) is 5.75 Å². The lowest BCUT2D eigenvalue weighted by Gasteiger charge is -2.13. The monoisotopic (exact) mass is 353 g/mol. The molecule has 136 valence electrons. The highest BCUT2D eigenvalue weighted by Crippen LogP contribution is 2.16. The van der Waals surface area contributed by atoms with Gasteiger partial charge in [0.15, 0.2) is 0 Å². The Kier molecular flexibility index (Phi) is 7.36. The molecule has 2 amide bonds. The van der Waals surface area contributed by atoms with Gasteiger partial charge in [0, 0.05) is 5.56 Å². The maximum atomic E-state index is 12.0. The average Bonchev–Trinajstić information content (AvgIpc) is 2.67. The smallest absolute Gasteiger partial charge is 0.329 e. The van der Waals surface area contributed by atoms with Crippen LogP contribution in [-0.4, -0.2) is 24.6 Å². The average molecular weight is 353 g/mol. The van der Waals surface area contributed by atoms with Crippen LogP contribution in [0.1, 0.15) is 37.4 Å². The fourth-order valence-electron chi connectivity index (χ4n) is 2.23. The topological polar surface area (TPSA) is 79.8 Å². The summed E-state index contributed by atoms with van der Waals surface area (Å²) in [4.78, 5) is 23.8. The number of carbonyl (C=O) groups is 2. The van der Waals surface area contributed by atoms with Crippen molar-refractivity contribution < 1.29 is 14.3 Å². The first-order chi connectivity index (χ1) is 12.6. The molecule has 0 saturated heterocycles. The molecular weight excluding hydrogens is 330 g/mol. The molecular formula is C20H23N3O3. The number of hydrogen-bond donors (Lipinski definition) is 2. The fraction of sp³-hybridized carbons (Fsp3) is 0.250. The second kappa shape index (κ2) is 9.98. The Hall–Kier alpha value is -3.15. The summed E-state index contributed by atoms with van der Waals surface area (Å²) in [5, 5.41) is 6.48. The SMILES string of the molecule is CCCOc1ccccc1/C=N\NC(=O)C(=O)N[C@@H](C)c1ccccc1. The van der Waals surface area contributed by atoms with E-state index in [1.165, 1.54) is 6.21 Å². The van der Waals surface area contributed by atoms with E-state index in [2.05, 4.69) is 15.8 Å². The largest absolute Gasteiger partial charge is 0.493 e. The summed E-state index contributed by atoms with van der Waals surface area (Å²) < 4.78 is 5.61. The van der Waals surface area contributed by atoms with Gasteiger partial charge in [-0.1, -0.05) is 49.4 Å². The molecule has 1 atom stereocenters. The lowest BCUT2D eigenvalue weighted by Crippen LogP contribution is -2.39. The Balaban J connectivity index is 1.90. The van der Waals surface area contributed by atoms with Crippen LogP contribution in [0.4, 0.5) is 0 Å². The summed E-state index contributed by atoms with van der Waals surface area (Å²) in [6.07, 6.45) is 2.35. The summed E-state index contributed by atoms with van der Waals surface area (Å²) in [6, 6.07) is 16.5. The van der Waals surface area contributed by atoms with Gasteiger partial charge in [0.1, 0.15) is 5.75 Å². The normalized spacial score (nSPS) is 11.8. The van der Waals surface area contributed by atoms with E-state index in [4.69, 9.17) is 4.74 Å². The number of hydrogen-bond acceptors (Lipinski definition) is 4. The summed E-state index contributed by atoms with van der Waals surface area (Å²) in [7, 11) is 0. The highest BCUT2D eigenvalue weighted by Gasteiger charge is 2.16. The van der Waals surface area contributed by atoms with Gasteiger partial charge >= 0.3 is 11.8 Å². The number of benzene rings is 2. The zero-order valence-electron chi connectivity index (χ0n) is 14.9. The number of carbonyl (C=O) groups excluding carboxylic acids is 2. The highest BCUT2D eigenvalue weighted by atomic mass is 16.5. The molecule has 26 heavy (non-hydrogen) atoms. The predicted molar refractivity (Wildman–Crippen MR) is 101 cm³/mol. The molecule has 0 aliphatic carbocycles. The van der Waals surface area contributed by atoms with Crippen LogP contribution in [0.2, 0.25) is 0 Å². The summed E-state index contributed by atoms with van der Waals surface area (Å²) in [6.45, 7) is 4.42. The number of hydrazone groups is 1. The van der Waals surface area contributed by atoms with Gasteiger partial charge in [0.25, 0.3) is 0 Å². The molecule has 0 aliphatic heterocycles. The van der Waals surface area contributed by atoms with Crippen molar-refractivity contribution in [2.24, 2.45) is 5.10 Å². The van der Waals surface area contributed by atoms with Crippen LogP contribution in [0.5, 0.6) is 5.75 Å². The number of nitrogens with one attached hydrogen (secondary N) is 2. The summed E-state index contributed by atoms with van der Waals surface area (Å²) >= 11 is 0. The molecule has 6 nitrogen and oxygen atoms in total. The third-order valence-corrected chi connectivity index (χ3v) is 3.60. The van der Waals surface area contributed by atoms with E-state index >= 15 is 0 Å². The molecule has 0 spiro atoms. The molecule has 0 aromatic heterocycles. The minimum atomic E-state index is -0.823. The van der Waals surface area contributed by atoms with Crippen molar-refractivity contribution in [1.29, 1.82) is 0 Å². The quantitative estimate of drug-likeness (QED) is 0.456. The van der Waals surface area contributed by atoms with Gasteiger partial charge in [0.2, 0.25) is 0 Å². The molecule has 0 aliphatic rings. The Morgan fingerprint density at radius 2 is 1.77 bits per heavy atom. The van der Waals surface area contributed by atoms with Crippen molar-refractivity contribution in [3.63, 3.8) is 0 Å². The van der Waals surface area contributed by atoms with Gasteiger partial charge in [-0.2, -0.15) is 5.10 Å². The van der Waals surface area contributed by atoms with Crippen molar-refractivity contribution in [3.05, 3.63) is 65.7 Å². The standard InChI is InChI=1S/C20H23N3O3/c1-3-13-26-18-12-8-7-11-17(18)14-21-23-20(25)19(24)22-15(2)16-9-5-4-6-10-16/h4-12,14-15H,3,13H2,1-2H3,(H,22,24)(H,23,25)/b21-14-/t15-/m0/s1. The van der Waals surface area contributed by atoms with E-state index in [0.717, 1.165) is 17.5 Å². The van der Waals surface area contributed by atoms with Gasteiger partial charge in [-0.3, -0.25) is 9.59 Å². The molecule has 0 bridgehead atoms. The number of amides is 2. The van der Waals surface area contributed by atoms with Gasteiger partial charge in [-0.25, -0.2) is 5.43 Å². The minimum absolute atomic E-state index is 0.276. The van der Waals surface area contributed by atoms with E-state index in [-0.39, 0.29) is 6.04 Å². The Morgan fingerprint density at radius 1 is 1.08 bits per heavy atom. The number of ether oxygens (including phenoxy) is 1. The lowest BCUT2D eigenvalue weighted by molar-refractivity contribution is -0.139. The minimum Gasteiger partial charge on any atom is -0.493 e. The van der Waals surface area contributed by atoms with E-state index in [1.54, 1.807) is 0 Å². The van der Waals surface area contributed by atoms with E-state index in [1.807, 2.05) is 68.4 Å². The van der Waals surface area contributed by atoms with Crippen LogP contribution in [0.25, 0.3) is 0 Å². The van der Waals surface area contributed by atoms with Crippen molar-refractivity contribution in [2.75, 3.05) is 6.61 Å². The molecule has 2 aromatic rings. The van der Waals surface area contributed by atoms with E-state index in [9.17, 15) is 9.59 Å². The molecule has 2 N–H and O–H groups in total. The Bertz CT molecular complexity index is 760. The van der Waals surface area contributed by atoms with Crippen molar-refractivity contribution in [1.82, 2.24) is 10.7 Å². The molecule has 0 saturated carbocycles. The molecule has 0 fully saturated rings. The van der Waals surface area contributed by atoms with Crippen LogP contribution in [0.3, 0.4) is 0 Å². The first-order valence-electron chi connectivity index (χ1n) is 8.52. The molecule has 6 heteroatoms. The second-order valence-electron chi connectivity index (χ2n) is 5.69. The lowest BCUT2D eigenvalue weighted by atomic mass is 10.1. The molecule has 0 radical (unpaired) electrons. The van der Waals surface area contributed by atoms with Crippen LogP contribution in [0, 0.1) is 0 Å². The maximum absolute atomic E-state index is 12.0. The summed E-state index contributed by atoms with van der Waals surface area (Å²) in [5.74, 6) is -0.889. The van der Waals surface area contributed by atoms with Gasteiger partial charge in [-0.05, 0) is 31.0 Å². The Morgan fingerprint density at radius 3 is 2.50 bits per heavy atom. The van der Waals surface area contributed by atoms with E-state index in [0.29, 0.717) is 12.4 Å². The number of para-hydroxylation sites is 1. The maximum Gasteiger partial charge on any atom is 0.329 e. The first kappa shape index (κ1) is 19.2. The van der Waals surface area contributed by atoms with Crippen LogP contribution in [-0.2, 0) is 9.59 Å². The third kappa shape index (κ3) is 5.73. The zero-order valence-corrected chi connectivity index (χ0v) is 14.9. The number of rotatable bonds is 7. The molecule has 2 rings (SSSR count). The molecule has 0 heterocycles. The third-order valence-electron chi connectivity index (χ3n) is 3.60. The van der Waals surface area contributed by atoms with Crippen molar-refractivity contribution >= 4 is 18.0 Å². The van der Waals surface area contributed by atoms with Gasteiger partial charge < -0.3 is 10.1 Å². The van der Waals surface area contributed by atoms with E-state index < -0.39 is 11.8 Å². The second-order valence-corrected chi connectivity index (χ2v) is 5.69. The van der Waals surface area contributed by atoms with Crippen molar-refractivity contribution in [2.45, 2.75) is 26.3 Å². The molecule has 2 aromatic carbocycles. The highest BCUT2D eigenvalue weighted by molar-refractivity contribution is 6.35. The van der Waals surface area contributed by atoms with Crippen LogP contribution >= 0.6 is 0 Å². The van der Waals surface area contributed by atoms with Crippen LogP contribution in [0.15, 0.2) is 59.7 Å². The summed E-state index contributed by atoms with van der Waals surface area (Å²) in [5.41, 5.74) is 3.87. The first-order valence-corrected chi connectivity index (χ1v) is 8.52. The van der Waals surface area contributed by atoms with Gasteiger partial charge in [-0.15, -0.1) is 0 Å². The Labute approximate surface area is 153 Å². The van der Waals surface area contributed by atoms with Crippen LogP contribution < -0.4 is 15.5 Å². The van der Waals surface area contributed by atoms with Gasteiger partial charge in [0.05, 0.1) is 18.9 Å². The molecule has 0 unspecified atom stereocenters. The zero-order chi connectivity index (χ0) is 18.8. The fourth-order valence-corrected chi connectivity index (χ4v) is 2.23. The number of nitrogens with zero attached hydrogens (tertiary/aromatic N) is 1. The predicted octanol–water partition coefficient (Wildman–Crippen LogP) is 2.80.